The van der Waals surface area contributed by atoms with Crippen LogP contribution in [0.4, 0.5) is 15.9 Å². The number of piperidine rings is 1. The molecule has 3 N–H and O–H groups in total. The lowest BCUT2D eigenvalue weighted by Gasteiger charge is -2.34. The van der Waals surface area contributed by atoms with Crippen molar-refractivity contribution in [2.45, 2.75) is 18.8 Å². The number of nitrogens with two attached hydrogens (primary N) is 1. The third kappa shape index (κ3) is 3.56. The quantitative estimate of drug-likeness (QED) is 0.736. The zero-order valence-electron chi connectivity index (χ0n) is 14.8. The molecule has 2 heterocycles. The fraction of sp³-hybridized carbons (Fsp3) is 0.238. The molecule has 1 saturated heterocycles. The molecule has 27 heavy (non-hydrogen) atoms. The molecular formula is C21H21FN4O. The van der Waals surface area contributed by atoms with Crippen molar-refractivity contribution in [3.8, 4) is 17.0 Å². The number of benzene rings is 2. The van der Waals surface area contributed by atoms with Crippen LogP contribution in [0.1, 0.15) is 24.3 Å². The number of aromatic nitrogens is 2. The molecular weight excluding hydrogens is 343 g/mol. The first kappa shape index (κ1) is 17.3. The molecule has 2 aromatic carbocycles. The second kappa shape index (κ2) is 7.23. The van der Waals surface area contributed by atoms with Gasteiger partial charge >= 0.3 is 0 Å². The van der Waals surface area contributed by atoms with Gasteiger partial charge in [0.15, 0.2) is 5.82 Å². The van der Waals surface area contributed by atoms with Gasteiger partial charge in [-0.05, 0) is 48.6 Å². The van der Waals surface area contributed by atoms with E-state index < -0.39 is 5.82 Å². The van der Waals surface area contributed by atoms with Gasteiger partial charge in [0.1, 0.15) is 11.6 Å². The van der Waals surface area contributed by atoms with E-state index in [0.29, 0.717) is 23.0 Å². The van der Waals surface area contributed by atoms with Crippen molar-refractivity contribution in [3.63, 3.8) is 0 Å². The smallest absolute Gasteiger partial charge is 0.169 e. The molecule has 0 amide bonds. The molecule has 1 aliphatic heterocycles. The molecule has 1 aliphatic rings. The maximum absolute atomic E-state index is 13.6. The summed E-state index contributed by atoms with van der Waals surface area (Å²) in [5.74, 6) is 0.397. The molecule has 5 nitrogen and oxygen atoms in total. The number of phenolic OH excluding ortho intramolecular Hbond substituents is 1. The maximum atomic E-state index is 13.6. The van der Waals surface area contributed by atoms with Gasteiger partial charge < -0.3 is 15.7 Å². The largest absolute Gasteiger partial charge is 0.507 e. The Morgan fingerprint density at radius 3 is 2.48 bits per heavy atom. The zero-order chi connectivity index (χ0) is 18.8. The summed E-state index contributed by atoms with van der Waals surface area (Å²) in [5.41, 5.74) is 8.91. The number of nitrogens with zero attached hydrogens (tertiary/aromatic N) is 3. The Balaban J connectivity index is 1.57. The van der Waals surface area contributed by atoms with Gasteiger partial charge in [-0.2, -0.15) is 0 Å². The number of aromatic hydroxyl groups is 1. The molecule has 0 saturated carbocycles. The third-order valence-electron chi connectivity index (χ3n) is 5.14. The first-order chi connectivity index (χ1) is 13.1. The molecule has 0 unspecified atom stereocenters. The standard InChI is InChI=1S/C21H21FN4O/c22-16-6-7-20(27)17(12-16)18-13-19(21(23)25-24-18)26-10-8-15(9-11-26)14-4-2-1-3-5-14/h1-7,12-13,15,27H,8-11H2,(H2,23,25). The highest BCUT2D eigenvalue weighted by Gasteiger charge is 2.23. The average molecular weight is 364 g/mol. The molecule has 3 aromatic rings. The van der Waals surface area contributed by atoms with Crippen molar-refractivity contribution < 1.29 is 9.50 Å². The van der Waals surface area contributed by atoms with Crippen LogP contribution in [0.3, 0.4) is 0 Å². The van der Waals surface area contributed by atoms with E-state index in [2.05, 4.69) is 39.4 Å². The molecule has 1 fully saturated rings. The second-order valence-corrected chi connectivity index (χ2v) is 6.83. The van der Waals surface area contributed by atoms with E-state index in [1.165, 1.54) is 23.8 Å². The highest BCUT2D eigenvalue weighted by molar-refractivity contribution is 5.74. The summed E-state index contributed by atoms with van der Waals surface area (Å²) < 4.78 is 13.6. The monoisotopic (exact) mass is 364 g/mol. The highest BCUT2D eigenvalue weighted by atomic mass is 19.1. The van der Waals surface area contributed by atoms with E-state index in [0.717, 1.165) is 31.6 Å². The number of rotatable bonds is 3. The van der Waals surface area contributed by atoms with Gasteiger partial charge in [0.2, 0.25) is 0 Å². The van der Waals surface area contributed by atoms with Gasteiger partial charge in [-0.15, -0.1) is 10.2 Å². The van der Waals surface area contributed by atoms with Crippen LogP contribution in [0.2, 0.25) is 0 Å². The average Bonchev–Trinajstić information content (AvgIpc) is 2.71. The Labute approximate surface area is 157 Å². The highest BCUT2D eigenvalue weighted by Crippen LogP contribution is 2.35. The van der Waals surface area contributed by atoms with E-state index in [1.54, 1.807) is 6.07 Å². The Morgan fingerprint density at radius 1 is 1.00 bits per heavy atom. The molecule has 0 spiro atoms. The minimum absolute atomic E-state index is 0.0378. The minimum Gasteiger partial charge on any atom is -0.507 e. The van der Waals surface area contributed by atoms with Crippen molar-refractivity contribution in [3.05, 3.63) is 66.0 Å². The normalized spacial score (nSPS) is 15.1. The molecule has 4 rings (SSSR count). The van der Waals surface area contributed by atoms with Gasteiger partial charge in [-0.3, -0.25) is 0 Å². The lowest BCUT2D eigenvalue weighted by atomic mass is 9.89. The topological polar surface area (TPSA) is 75.3 Å². The van der Waals surface area contributed by atoms with Crippen molar-refractivity contribution in [2.24, 2.45) is 0 Å². The van der Waals surface area contributed by atoms with E-state index in [-0.39, 0.29) is 5.75 Å². The second-order valence-electron chi connectivity index (χ2n) is 6.83. The van der Waals surface area contributed by atoms with Gasteiger partial charge in [-0.1, -0.05) is 30.3 Å². The van der Waals surface area contributed by atoms with Crippen molar-refractivity contribution >= 4 is 11.5 Å². The van der Waals surface area contributed by atoms with Crippen LogP contribution in [-0.2, 0) is 0 Å². The number of nitrogen functional groups attached to an aromatic ring is 1. The van der Waals surface area contributed by atoms with Crippen LogP contribution in [0.15, 0.2) is 54.6 Å². The summed E-state index contributed by atoms with van der Waals surface area (Å²) in [6.45, 7) is 1.70. The molecule has 1 aromatic heterocycles. The van der Waals surface area contributed by atoms with Crippen LogP contribution in [0, 0.1) is 5.82 Å². The minimum atomic E-state index is -0.438. The van der Waals surface area contributed by atoms with Crippen LogP contribution < -0.4 is 10.6 Å². The number of hydrogen-bond acceptors (Lipinski definition) is 5. The molecule has 138 valence electrons. The third-order valence-corrected chi connectivity index (χ3v) is 5.14. The fourth-order valence-corrected chi connectivity index (χ4v) is 3.67. The zero-order valence-corrected chi connectivity index (χ0v) is 14.8. The fourth-order valence-electron chi connectivity index (χ4n) is 3.67. The Morgan fingerprint density at radius 2 is 1.74 bits per heavy atom. The lowest BCUT2D eigenvalue weighted by molar-refractivity contribution is 0.475. The first-order valence-electron chi connectivity index (χ1n) is 9.04. The Hall–Kier alpha value is -3.15. The van der Waals surface area contributed by atoms with E-state index >= 15 is 0 Å². The number of phenols is 1. The van der Waals surface area contributed by atoms with Gasteiger partial charge in [0.25, 0.3) is 0 Å². The number of halogens is 1. The summed E-state index contributed by atoms with van der Waals surface area (Å²) >= 11 is 0. The summed E-state index contributed by atoms with van der Waals surface area (Å²) in [7, 11) is 0. The SMILES string of the molecule is Nc1nnc(-c2cc(F)ccc2O)cc1N1CCC(c2ccccc2)CC1. The summed E-state index contributed by atoms with van der Waals surface area (Å²) in [6.07, 6.45) is 2.04. The predicted molar refractivity (Wildman–Crippen MR) is 104 cm³/mol. The Kier molecular flexibility index (Phi) is 4.62. The van der Waals surface area contributed by atoms with Crippen molar-refractivity contribution in [2.75, 3.05) is 23.7 Å². The van der Waals surface area contributed by atoms with Crippen LogP contribution in [0.25, 0.3) is 11.3 Å². The van der Waals surface area contributed by atoms with Crippen LogP contribution >= 0.6 is 0 Å². The van der Waals surface area contributed by atoms with Gasteiger partial charge in [0.05, 0.1) is 11.4 Å². The molecule has 6 heteroatoms. The number of anilines is 2. The Bertz CT molecular complexity index is 940. The van der Waals surface area contributed by atoms with Crippen LogP contribution in [-0.4, -0.2) is 28.4 Å². The van der Waals surface area contributed by atoms with E-state index in [4.69, 9.17) is 5.73 Å². The van der Waals surface area contributed by atoms with E-state index in [1.807, 2.05) is 6.07 Å². The summed E-state index contributed by atoms with van der Waals surface area (Å²) in [4.78, 5) is 2.18. The molecule has 0 radical (unpaired) electrons. The molecule has 0 atom stereocenters. The van der Waals surface area contributed by atoms with Crippen molar-refractivity contribution in [1.29, 1.82) is 0 Å². The van der Waals surface area contributed by atoms with E-state index in [9.17, 15) is 9.50 Å². The lowest BCUT2D eigenvalue weighted by Crippen LogP contribution is -2.33. The van der Waals surface area contributed by atoms with Gasteiger partial charge in [0, 0.05) is 18.7 Å². The van der Waals surface area contributed by atoms with Crippen molar-refractivity contribution in [1.82, 2.24) is 10.2 Å². The van der Waals surface area contributed by atoms with Gasteiger partial charge in [-0.25, -0.2) is 4.39 Å². The summed E-state index contributed by atoms with van der Waals surface area (Å²) in [6, 6.07) is 16.1. The summed E-state index contributed by atoms with van der Waals surface area (Å²) in [5, 5.41) is 18.1. The molecule has 0 aliphatic carbocycles. The maximum Gasteiger partial charge on any atom is 0.169 e. The predicted octanol–water partition coefficient (Wildman–Crippen LogP) is 3.95. The van der Waals surface area contributed by atoms with Crippen LogP contribution in [0.5, 0.6) is 5.75 Å². The first-order valence-corrected chi connectivity index (χ1v) is 9.04. The number of hydrogen-bond donors (Lipinski definition) is 2. The molecule has 0 bridgehead atoms.